The van der Waals surface area contributed by atoms with Gasteiger partial charge in [-0.3, -0.25) is 9.59 Å². The smallest absolute Gasteiger partial charge is 0.328 e. The van der Waals surface area contributed by atoms with E-state index in [9.17, 15) is 14.4 Å². The van der Waals surface area contributed by atoms with E-state index in [0.29, 0.717) is 11.3 Å². The van der Waals surface area contributed by atoms with Crippen LogP contribution in [0.2, 0.25) is 0 Å². The van der Waals surface area contributed by atoms with Crippen LogP contribution in [0.15, 0.2) is 42.5 Å². The summed E-state index contributed by atoms with van der Waals surface area (Å²) >= 11 is 0. The van der Waals surface area contributed by atoms with E-state index in [-0.39, 0.29) is 11.3 Å². The summed E-state index contributed by atoms with van der Waals surface area (Å²) in [4.78, 5) is 36.6. The number of nitrogens with one attached hydrogen (secondary N) is 2. The topological polar surface area (TPSA) is 84.5 Å². The zero-order valence-corrected chi connectivity index (χ0v) is 18.5. The second-order valence-electron chi connectivity index (χ2n) is 8.50. The summed E-state index contributed by atoms with van der Waals surface area (Å²) in [5.74, 6) is -1.49. The second kappa shape index (κ2) is 9.57. The summed E-state index contributed by atoms with van der Waals surface area (Å²) in [6.45, 7) is 11.2. The molecule has 0 aliphatic rings. The van der Waals surface area contributed by atoms with Crippen LogP contribution >= 0.6 is 0 Å². The van der Waals surface area contributed by atoms with Gasteiger partial charge < -0.3 is 15.4 Å². The molecule has 6 nitrogen and oxygen atoms in total. The lowest BCUT2D eigenvalue weighted by Crippen LogP contribution is -2.40. The molecule has 0 aliphatic carbocycles. The Morgan fingerprint density at radius 3 is 2.20 bits per heavy atom. The van der Waals surface area contributed by atoms with Gasteiger partial charge in [-0.05, 0) is 55.5 Å². The fourth-order valence-corrected chi connectivity index (χ4v) is 2.86. The molecule has 2 N–H and O–H groups in total. The molecular weight excluding hydrogens is 380 g/mol. The number of amides is 2. The largest absolute Gasteiger partial charge is 0.454 e. The Balaban J connectivity index is 1.85. The van der Waals surface area contributed by atoms with Crippen LogP contribution in [0.4, 0.5) is 5.69 Å². The number of benzene rings is 2. The van der Waals surface area contributed by atoms with Crippen molar-refractivity contribution in [2.45, 2.75) is 53.0 Å². The van der Waals surface area contributed by atoms with Gasteiger partial charge in [0.1, 0.15) is 6.04 Å². The first kappa shape index (κ1) is 23.1. The Labute approximate surface area is 178 Å². The molecule has 30 heavy (non-hydrogen) atoms. The Bertz CT molecular complexity index is 927. The fourth-order valence-electron chi connectivity index (χ4n) is 2.86. The minimum atomic E-state index is -0.881. The average molecular weight is 411 g/mol. The second-order valence-corrected chi connectivity index (χ2v) is 8.50. The van der Waals surface area contributed by atoms with Gasteiger partial charge in [0.05, 0.1) is 0 Å². The molecule has 6 heteroatoms. The number of hydrogen-bond donors (Lipinski definition) is 2. The number of anilines is 1. The first-order valence-electron chi connectivity index (χ1n) is 9.92. The van der Waals surface area contributed by atoms with E-state index in [1.807, 2.05) is 38.1 Å². The fraction of sp³-hybridized carbons (Fsp3) is 0.375. The van der Waals surface area contributed by atoms with E-state index in [1.165, 1.54) is 6.92 Å². The monoisotopic (exact) mass is 410 g/mol. The van der Waals surface area contributed by atoms with Crippen molar-refractivity contribution >= 4 is 23.5 Å². The van der Waals surface area contributed by atoms with E-state index in [2.05, 4.69) is 31.4 Å². The zero-order chi connectivity index (χ0) is 22.5. The molecule has 160 valence electrons. The normalized spacial score (nSPS) is 12.1. The third kappa shape index (κ3) is 6.44. The number of aryl methyl sites for hydroxylation is 2. The van der Waals surface area contributed by atoms with Crippen LogP contribution < -0.4 is 10.6 Å². The highest BCUT2D eigenvalue weighted by Gasteiger charge is 2.20. The molecule has 0 radical (unpaired) electrons. The molecule has 0 saturated heterocycles. The Morgan fingerprint density at radius 2 is 1.63 bits per heavy atom. The predicted octanol–water partition coefficient (Wildman–Crippen LogP) is 3.90. The van der Waals surface area contributed by atoms with Gasteiger partial charge in [0.25, 0.3) is 11.8 Å². The van der Waals surface area contributed by atoms with E-state index in [4.69, 9.17) is 4.74 Å². The van der Waals surface area contributed by atoms with Crippen molar-refractivity contribution in [3.63, 3.8) is 0 Å². The first-order chi connectivity index (χ1) is 14.0. The molecule has 2 aromatic carbocycles. The first-order valence-corrected chi connectivity index (χ1v) is 9.92. The zero-order valence-electron chi connectivity index (χ0n) is 18.5. The van der Waals surface area contributed by atoms with Gasteiger partial charge in [-0.25, -0.2) is 4.79 Å². The number of ether oxygens (including phenoxy) is 1. The van der Waals surface area contributed by atoms with Crippen LogP contribution in [0.3, 0.4) is 0 Å². The lowest BCUT2D eigenvalue weighted by molar-refractivity contribution is -0.148. The quantitative estimate of drug-likeness (QED) is 0.708. The number of carbonyl (C=O) groups excluding carboxylic acids is 3. The molecule has 0 spiro atoms. The van der Waals surface area contributed by atoms with Crippen molar-refractivity contribution in [3.05, 3.63) is 64.7 Å². The summed E-state index contributed by atoms with van der Waals surface area (Å²) in [7, 11) is 0. The number of esters is 1. The van der Waals surface area contributed by atoms with Gasteiger partial charge >= 0.3 is 5.97 Å². The molecule has 0 heterocycles. The number of hydrogen-bond acceptors (Lipinski definition) is 4. The van der Waals surface area contributed by atoms with Crippen LogP contribution in [-0.4, -0.2) is 30.4 Å². The molecule has 2 amide bonds. The van der Waals surface area contributed by atoms with Crippen molar-refractivity contribution in [3.8, 4) is 0 Å². The minimum Gasteiger partial charge on any atom is -0.454 e. The van der Waals surface area contributed by atoms with Crippen LogP contribution in [-0.2, 0) is 19.7 Å². The van der Waals surface area contributed by atoms with Crippen LogP contribution in [0.5, 0.6) is 0 Å². The third-order valence-electron chi connectivity index (χ3n) is 4.72. The Kier molecular flexibility index (Phi) is 7.38. The lowest BCUT2D eigenvalue weighted by Gasteiger charge is -2.19. The molecule has 2 aromatic rings. The predicted molar refractivity (Wildman–Crippen MR) is 118 cm³/mol. The maximum Gasteiger partial charge on any atom is 0.328 e. The number of carbonyl (C=O) groups is 3. The highest BCUT2D eigenvalue weighted by atomic mass is 16.5. The Morgan fingerprint density at radius 1 is 1.00 bits per heavy atom. The molecular formula is C24H30N2O4. The maximum atomic E-state index is 12.4. The van der Waals surface area contributed by atoms with Gasteiger partial charge in [0.2, 0.25) is 0 Å². The standard InChI is InChI=1S/C24H30N2O4/c1-15-7-12-20(16(2)13-15)26-21(27)14-30-23(29)17(3)25-22(28)18-8-10-19(11-9-18)24(4,5)6/h7-13,17H,14H2,1-6H3,(H,25,28)(H,26,27)/t17-/m0/s1. The maximum absolute atomic E-state index is 12.4. The molecule has 0 aromatic heterocycles. The van der Waals surface area contributed by atoms with Crippen molar-refractivity contribution in [2.75, 3.05) is 11.9 Å². The van der Waals surface area contributed by atoms with E-state index in [0.717, 1.165) is 16.7 Å². The molecule has 0 unspecified atom stereocenters. The highest BCUT2D eigenvalue weighted by molar-refractivity contribution is 5.97. The van der Waals surface area contributed by atoms with Crippen LogP contribution in [0, 0.1) is 13.8 Å². The van der Waals surface area contributed by atoms with E-state index >= 15 is 0 Å². The van der Waals surface area contributed by atoms with Gasteiger partial charge in [0, 0.05) is 11.3 Å². The van der Waals surface area contributed by atoms with Gasteiger partial charge in [-0.15, -0.1) is 0 Å². The van der Waals surface area contributed by atoms with Crippen LogP contribution in [0.25, 0.3) is 0 Å². The van der Waals surface area contributed by atoms with Crippen LogP contribution in [0.1, 0.15) is 54.7 Å². The lowest BCUT2D eigenvalue weighted by atomic mass is 9.86. The van der Waals surface area contributed by atoms with Crippen molar-refractivity contribution in [2.24, 2.45) is 0 Å². The van der Waals surface area contributed by atoms with Gasteiger partial charge in [-0.2, -0.15) is 0 Å². The molecule has 2 rings (SSSR count). The Hall–Kier alpha value is -3.15. The van der Waals surface area contributed by atoms with Gasteiger partial charge in [0.15, 0.2) is 6.61 Å². The molecule has 0 bridgehead atoms. The van der Waals surface area contributed by atoms with E-state index in [1.54, 1.807) is 18.2 Å². The summed E-state index contributed by atoms with van der Waals surface area (Å²) in [5, 5.41) is 5.31. The molecule has 0 aliphatic heterocycles. The molecule has 0 saturated carbocycles. The van der Waals surface area contributed by atoms with Gasteiger partial charge in [-0.1, -0.05) is 50.6 Å². The molecule has 1 atom stereocenters. The summed E-state index contributed by atoms with van der Waals surface area (Å²) in [6.07, 6.45) is 0. The third-order valence-corrected chi connectivity index (χ3v) is 4.72. The summed E-state index contributed by atoms with van der Waals surface area (Å²) in [5.41, 5.74) is 4.24. The SMILES string of the molecule is Cc1ccc(NC(=O)COC(=O)[C@H](C)NC(=O)c2ccc(C(C)(C)C)cc2)c(C)c1. The minimum absolute atomic E-state index is 0.0101. The number of rotatable bonds is 6. The van der Waals surface area contributed by atoms with Crippen molar-refractivity contribution in [1.29, 1.82) is 0 Å². The summed E-state index contributed by atoms with van der Waals surface area (Å²) in [6, 6.07) is 12.0. The van der Waals surface area contributed by atoms with Crippen molar-refractivity contribution < 1.29 is 19.1 Å². The molecule has 0 fully saturated rings. The van der Waals surface area contributed by atoms with Crippen molar-refractivity contribution in [1.82, 2.24) is 5.32 Å². The highest BCUT2D eigenvalue weighted by Crippen LogP contribution is 2.22. The van der Waals surface area contributed by atoms with E-state index < -0.39 is 24.5 Å². The average Bonchev–Trinajstić information content (AvgIpc) is 2.67. The summed E-state index contributed by atoms with van der Waals surface area (Å²) < 4.78 is 5.04.